The highest BCUT2D eigenvalue weighted by molar-refractivity contribution is 7.21. The van der Waals surface area contributed by atoms with Crippen LogP contribution in [0.3, 0.4) is 0 Å². The van der Waals surface area contributed by atoms with E-state index in [1.54, 1.807) is 12.3 Å². The van der Waals surface area contributed by atoms with Gasteiger partial charge in [0, 0.05) is 19.9 Å². The molecule has 23 heavy (non-hydrogen) atoms. The number of nitrogens with one attached hydrogen (secondary N) is 1. The van der Waals surface area contributed by atoms with E-state index in [1.807, 2.05) is 13.0 Å². The van der Waals surface area contributed by atoms with Crippen LogP contribution in [0, 0.1) is 6.92 Å². The van der Waals surface area contributed by atoms with Gasteiger partial charge < -0.3 is 20.5 Å². The van der Waals surface area contributed by atoms with Crippen molar-refractivity contribution in [2.24, 2.45) is 5.73 Å². The zero-order valence-electron chi connectivity index (χ0n) is 13.0. The van der Waals surface area contributed by atoms with Crippen LogP contribution in [-0.4, -0.2) is 49.8 Å². The number of rotatable bonds is 7. The van der Waals surface area contributed by atoms with Crippen molar-refractivity contribution in [3.05, 3.63) is 28.8 Å². The number of nitrogens with two attached hydrogens (primary N) is 1. The number of nitrogens with zero attached hydrogens (tertiary/aromatic N) is 1. The first kappa shape index (κ1) is 17.3. The van der Waals surface area contributed by atoms with Gasteiger partial charge in [-0.05, 0) is 24.6 Å². The van der Waals surface area contributed by atoms with Crippen LogP contribution < -0.4 is 11.1 Å². The third-order valence-electron chi connectivity index (χ3n) is 3.15. The van der Waals surface area contributed by atoms with Gasteiger partial charge in [-0.1, -0.05) is 0 Å². The Bertz CT molecular complexity index is 701. The molecule has 0 saturated heterocycles. The van der Waals surface area contributed by atoms with Gasteiger partial charge in [0.2, 0.25) is 0 Å². The summed E-state index contributed by atoms with van der Waals surface area (Å²) in [5.41, 5.74) is 7.53. The molecule has 0 aliphatic heterocycles. The van der Waals surface area contributed by atoms with Crippen molar-refractivity contribution in [2.75, 3.05) is 26.9 Å². The van der Waals surface area contributed by atoms with Crippen LogP contribution in [0.5, 0.6) is 0 Å². The first-order valence-corrected chi connectivity index (χ1v) is 7.89. The zero-order valence-corrected chi connectivity index (χ0v) is 13.8. The highest BCUT2D eigenvalue weighted by Gasteiger charge is 2.18. The summed E-state index contributed by atoms with van der Waals surface area (Å²) in [5, 5.41) is 2.64. The molecule has 0 spiro atoms. The molecule has 1 amide bonds. The maximum absolute atomic E-state index is 12.2. The first-order chi connectivity index (χ1) is 11.0. The summed E-state index contributed by atoms with van der Waals surface area (Å²) >= 11 is 1.36. The molecule has 0 aliphatic rings. The van der Waals surface area contributed by atoms with Gasteiger partial charge in [0.1, 0.15) is 12.6 Å². The van der Waals surface area contributed by atoms with E-state index >= 15 is 0 Å². The standard InChI is InChI=1S/C15H19N3O4S/c1-9-3-4-17-11-7-12(23-13(9)11)14(19)18-8-10(16)15(20)22-6-5-21-2/h3-4,7,10H,5-6,8,16H2,1-2H3,(H,18,19)/t10-/m1/s1. The molecule has 2 heterocycles. The number of amides is 1. The van der Waals surface area contributed by atoms with Crippen molar-refractivity contribution >= 4 is 33.4 Å². The average Bonchev–Trinajstić information content (AvgIpc) is 2.98. The molecule has 2 aromatic rings. The predicted molar refractivity (Wildman–Crippen MR) is 87.5 cm³/mol. The van der Waals surface area contributed by atoms with Gasteiger partial charge in [-0.2, -0.15) is 0 Å². The number of methoxy groups -OCH3 is 1. The van der Waals surface area contributed by atoms with Crippen molar-refractivity contribution in [1.29, 1.82) is 0 Å². The smallest absolute Gasteiger partial charge is 0.324 e. The number of aromatic nitrogens is 1. The molecule has 124 valence electrons. The van der Waals surface area contributed by atoms with Gasteiger partial charge in [0.15, 0.2) is 0 Å². The molecule has 7 nitrogen and oxygen atoms in total. The lowest BCUT2D eigenvalue weighted by molar-refractivity contribution is -0.146. The molecule has 2 rings (SSSR count). The normalized spacial score (nSPS) is 12.1. The topological polar surface area (TPSA) is 104 Å². The summed E-state index contributed by atoms with van der Waals surface area (Å²) in [4.78, 5) is 28.5. The third-order valence-corrected chi connectivity index (χ3v) is 4.41. The maximum Gasteiger partial charge on any atom is 0.324 e. The molecule has 0 unspecified atom stereocenters. The van der Waals surface area contributed by atoms with Gasteiger partial charge in [-0.3, -0.25) is 14.6 Å². The van der Waals surface area contributed by atoms with Crippen LogP contribution >= 0.6 is 11.3 Å². The van der Waals surface area contributed by atoms with E-state index < -0.39 is 12.0 Å². The number of aryl methyl sites for hydroxylation is 1. The lowest BCUT2D eigenvalue weighted by atomic mass is 10.2. The van der Waals surface area contributed by atoms with E-state index in [-0.39, 0.29) is 19.1 Å². The number of thiophene rings is 1. The number of carbonyl (C=O) groups is 2. The largest absolute Gasteiger partial charge is 0.462 e. The third kappa shape index (κ3) is 4.47. The van der Waals surface area contributed by atoms with Crippen molar-refractivity contribution in [2.45, 2.75) is 13.0 Å². The van der Waals surface area contributed by atoms with Gasteiger partial charge in [0.05, 0.1) is 21.7 Å². The Morgan fingerprint density at radius 3 is 2.91 bits per heavy atom. The second-order valence-electron chi connectivity index (χ2n) is 4.93. The number of pyridine rings is 1. The summed E-state index contributed by atoms with van der Waals surface area (Å²) in [5.74, 6) is -0.858. The van der Waals surface area contributed by atoms with Crippen molar-refractivity contribution < 1.29 is 19.1 Å². The van der Waals surface area contributed by atoms with E-state index in [4.69, 9.17) is 15.2 Å². The second-order valence-corrected chi connectivity index (χ2v) is 5.98. The Morgan fingerprint density at radius 1 is 1.43 bits per heavy atom. The number of hydrogen-bond acceptors (Lipinski definition) is 7. The molecule has 1 atom stereocenters. The van der Waals surface area contributed by atoms with Gasteiger partial charge in [-0.25, -0.2) is 0 Å². The molecular formula is C15H19N3O4S. The molecule has 0 bridgehead atoms. The fourth-order valence-corrected chi connectivity index (χ4v) is 2.88. The fourth-order valence-electron chi connectivity index (χ4n) is 1.88. The van der Waals surface area contributed by atoms with E-state index in [0.717, 1.165) is 15.8 Å². The molecule has 0 saturated carbocycles. The van der Waals surface area contributed by atoms with E-state index in [9.17, 15) is 9.59 Å². The SMILES string of the molecule is COCCOC(=O)[C@H](N)CNC(=O)c1cc2nccc(C)c2s1. The van der Waals surface area contributed by atoms with E-state index in [0.29, 0.717) is 11.5 Å². The highest BCUT2D eigenvalue weighted by atomic mass is 32.1. The summed E-state index contributed by atoms with van der Waals surface area (Å²) in [6.45, 7) is 2.41. The summed E-state index contributed by atoms with van der Waals surface area (Å²) in [7, 11) is 1.51. The second kappa shape index (κ2) is 8.00. The molecule has 0 radical (unpaired) electrons. The van der Waals surface area contributed by atoms with Crippen LogP contribution in [0.1, 0.15) is 15.2 Å². The van der Waals surface area contributed by atoms with Crippen LogP contribution in [-0.2, 0) is 14.3 Å². The molecular weight excluding hydrogens is 318 g/mol. The number of carbonyl (C=O) groups excluding carboxylic acids is 2. The van der Waals surface area contributed by atoms with Crippen molar-refractivity contribution in [3.63, 3.8) is 0 Å². The predicted octanol–water partition coefficient (Wildman–Crippen LogP) is 0.851. The summed E-state index contributed by atoms with van der Waals surface area (Å²) < 4.78 is 10.6. The van der Waals surface area contributed by atoms with E-state index in [2.05, 4.69) is 10.3 Å². The average molecular weight is 337 g/mol. The molecule has 3 N–H and O–H groups in total. The maximum atomic E-state index is 12.2. The Hall–Kier alpha value is -2.03. The molecule has 0 aromatic carbocycles. The van der Waals surface area contributed by atoms with Crippen LogP contribution in [0.15, 0.2) is 18.3 Å². The summed E-state index contributed by atoms with van der Waals surface area (Å²) in [6.07, 6.45) is 1.71. The zero-order chi connectivity index (χ0) is 16.8. The van der Waals surface area contributed by atoms with Crippen LogP contribution in [0.4, 0.5) is 0 Å². The fraction of sp³-hybridized carbons (Fsp3) is 0.400. The van der Waals surface area contributed by atoms with E-state index in [1.165, 1.54) is 18.4 Å². The van der Waals surface area contributed by atoms with Crippen LogP contribution in [0.2, 0.25) is 0 Å². The Morgan fingerprint density at radius 2 is 2.22 bits per heavy atom. The van der Waals surface area contributed by atoms with Crippen molar-refractivity contribution in [1.82, 2.24) is 10.3 Å². The Balaban J connectivity index is 1.90. The van der Waals surface area contributed by atoms with Gasteiger partial charge in [0.25, 0.3) is 5.91 Å². The quantitative estimate of drug-likeness (QED) is 0.573. The minimum Gasteiger partial charge on any atom is -0.462 e. The molecule has 2 aromatic heterocycles. The molecule has 0 aliphatic carbocycles. The monoisotopic (exact) mass is 337 g/mol. The number of ether oxygens (including phenoxy) is 2. The van der Waals surface area contributed by atoms with Crippen molar-refractivity contribution in [3.8, 4) is 0 Å². The molecule has 8 heteroatoms. The number of esters is 1. The minimum absolute atomic E-state index is 0.00526. The Labute approximate surface area is 137 Å². The van der Waals surface area contributed by atoms with Crippen LogP contribution in [0.25, 0.3) is 10.2 Å². The minimum atomic E-state index is -0.912. The number of hydrogen-bond donors (Lipinski definition) is 2. The Kier molecular flexibility index (Phi) is 6.03. The number of fused-ring (bicyclic) bond motifs is 1. The first-order valence-electron chi connectivity index (χ1n) is 7.07. The lowest BCUT2D eigenvalue weighted by Gasteiger charge is -2.11. The highest BCUT2D eigenvalue weighted by Crippen LogP contribution is 2.26. The molecule has 0 fully saturated rings. The summed E-state index contributed by atoms with van der Waals surface area (Å²) in [6, 6.07) is 2.71. The van der Waals surface area contributed by atoms with Gasteiger partial charge in [-0.15, -0.1) is 11.3 Å². The van der Waals surface area contributed by atoms with Gasteiger partial charge >= 0.3 is 5.97 Å². The lowest BCUT2D eigenvalue weighted by Crippen LogP contribution is -2.43.